The van der Waals surface area contributed by atoms with Crippen molar-refractivity contribution in [2.45, 2.75) is 64.3 Å². The van der Waals surface area contributed by atoms with Crippen LogP contribution in [0.5, 0.6) is 0 Å². The molecule has 4 saturated carbocycles. The number of hydrogen-bond acceptors (Lipinski definition) is 2. The van der Waals surface area contributed by atoms with Crippen LogP contribution in [-0.4, -0.2) is 23.9 Å². The summed E-state index contributed by atoms with van der Waals surface area (Å²) in [5, 5.41) is 6.43. The highest BCUT2D eigenvalue weighted by molar-refractivity contribution is 5.74. The summed E-state index contributed by atoms with van der Waals surface area (Å²) in [6.07, 6.45) is 8.95. The van der Waals surface area contributed by atoms with Crippen LogP contribution in [0.3, 0.4) is 0 Å². The molecule has 4 heteroatoms. The molecule has 4 rings (SSSR count). The first kappa shape index (κ1) is 15.5. The Kier molecular flexibility index (Phi) is 3.69. The van der Waals surface area contributed by atoms with Gasteiger partial charge in [-0.05, 0) is 74.0 Å². The lowest BCUT2D eigenvalue weighted by molar-refractivity contribution is -0.134. The van der Waals surface area contributed by atoms with E-state index in [4.69, 9.17) is 0 Å². The van der Waals surface area contributed by atoms with Gasteiger partial charge >= 0.3 is 0 Å². The van der Waals surface area contributed by atoms with Gasteiger partial charge in [0.2, 0.25) is 11.8 Å². The minimum absolute atomic E-state index is 0.00147. The lowest BCUT2D eigenvalue weighted by Gasteiger charge is -2.63. The van der Waals surface area contributed by atoms with Crippen LogP contribution in [0.25, 0.3) is 0 Å². The average molecular weight is 318 g/mol. The Morgan fingerprint density at radius 3 is 2.48 bits per heavy atom. The van der Waals surface area contributed by atoms with Crippen molar-refractivity contribution < 1.29 is 9.59 Å². The Balaban J connectivity index is 1.63. The van der Waals surface area contributed by atoms with Gasteiger partial charge in [-0.1, -0.05) is 6.42 Å². The zero-order valence-corrected chi connectivity index (χ0v) is 14.4. The number of nitrogens with one attached hydrogen (secondary N) is 2. The first-order valence-electron chi connectivity index (χ1n) is 9.49. The average Bonchev–Trinajstić information content (AvgIpc) is 2.49. The zero-order chi connectivity index (χ0) is 16.2. The molecule has 0 aromatic rings. The van der Waals surface area contributed by atoms with Gasteiger partial charge in [0.1, 0.15) is 0 Å². The molecule has 2 N–H and O–H groups in total. The molecule has 4 aliphatic carbocycles. The van der Waals surface area contributed by atoms with Crippen LogP contribution in [0.15, 0.2) is 0 Å². The number of amides is 2. The Morgan fingerprint density at radius 1 is 0.957 bits per heavy atom. The first-order chi connectivity index (χ1) is 11.0. The fourth-order valence-corrected chi connectivity index (χ4v) is 6.95. The van der Waals surface area contributed by atoms with Gasteiger partial charge in [-0.25, -0.2) is 0 Å². The summed E-state index contributed by atoms with van der Waals surface area (Å²) in [7, 11) is 0. The summed E-state index contributed by atoms with van der Waals surface area (Å²) in [4.78, 5) is 23.3. The van der Waals surface area contributed by atoms with Gasteiger partial charge < -0.3 is 10.6 Å². The van der Waals surface area contributed by atoms with Crippen molar-refractivity contribution in [3.05, 3.63) is 0 Å². The van der Waals surface area contributed by atoms with Crippen LogP contribution >= 0.6 is 0 Å². The smallest absolute Gasteiger partial charge is 0.217 e. The van der Waals surface area contributed by atoms with Gasteiger partial charge in [-0.15, -0.1) is 0 Å². The van der Waals surface area contributed by atoms with E-state index in [1.54, 1.807) is 13.8 Å². The standard InChI is InChI=1S/C19H30N2O2/c1-11(22)20-10-15-8-19(21-12(2)23)7-14-4-3-13-5-16(14)18(9-19)17(15)6-13/h13-18H,3-10H2,1-2H3,(H,20,22)(H,21,23). The van der Waals surface area contributed by atoms with Gasteiger partial charge in [-0.3, -0.25) is 9.59 Å². The van der Waals surface area contributed by atoms with Crippen LogP contribution in [0.2, 0.25) is 0 Å². The monoisotopic (exact) mass is 318 g/mol. The molecule has 0 saturated heterocycles. The van der Waals surface area contributed by atoms with E-state index in [0.29, 0.717) is 5.92 Å². The highest BCUT2D eigenvalue weighted by Crippen LogP contribution is 2.62. The highest BCUT2D eigenvalue weighted by Gasteiger charge is 2.58. The van der Waals surface area contributed by atoms with Gasteiger partial charge in [0.25, 0.3) is 0 Å². The SMILES string of the molecule is CC(=O)NCC1CC2(NC(C)=O)CC3CCC4CC3C(C2)C1C4. The first-order valence-corrected chi connectivity index (χ1v) is 9.49. The van der Waals surface area contributed by atoms with Gasteiger partial charge in [0, 0.05) is 25.9 Å². The van der Waals surface area contributed by atoms with Crippen molar-refractivity contribution in [1.82, 2.24) is 10.6 Å². The lowest BCUT2D eigenvalue weighted by atomic mass is 9.45. The van der Waals surface area contributed by atoms with E-state index in [9.17, 15) is 9.59 Å². The normalized spacial score (nSPS) is 47.0. The summed E-state index contributed by atoms with van der Waals surface area (Å²) in [5.74, 6) is 4.88. The second-order valence-corrected chi connectivity index (χ2v) is 8.94. The second kappa shape index (κ2) is 5.49. The minimum Gasteiger partial charge on any atom is -0.356 e. The topological polar surface area (TPSA) is 58.2 Å². The summed E-state index contributed by atoms with van der Waals surface area (Å²) >= 11 is 0. The molecule has 0 heterocycles. The van der Waals surface area contributed by atoms with E-state index in [1.807, 2.05) is 0 Å². The summed E-state index contributed by atoms with van der Waals surface area (Å²) in [6, 6.07) is 0. The minimum atomic E-state index is 0.00147. The summed E-state index contributed by atoms with van der Waals surface area (Å²) in [6.45, 7) is 4.06. The van der Waals surface area contributed by atoms with Crippen LogP contribution in [-0.2, 0) is 9.59 Å². The molecule has 4 aliphatic rings. The Morgan fingerprint density at radius 2 is 1.74 bits per heavy atom. The third kappa shape index (κ3) is 2.68. The maximum absolute atomic E-state index is 11.9. The van der Waals surface area contributed by atoms with Gasteiger partial charge in [-0.2, -0.15) is 0 Å². The van der Waals surface area contributed by atoms with Gasteiger partial charge in [0.05, 0.1) is 0 Å². The van der Waals surface area contributed by atoms with Crippen molar-refractivity contribution in [1.29, 1.82) is 0 Å². The highest BCUT2D eigenvalue weighted by atomic mass is 16.2. The van der Waals surface area contributed by atoms with Crippen LogP contribution in [0.1, 0.15) is 58.8 Å². The molecule has 4 nitrogen and oxygen atoms in total. The van der Waals surface area contributed by atoms with Crippen molar-refractivity contribution in [3.8, 4) is 0 Å². The third-order valence-electron chi connectivity index (χ3n) is 7.45. The number of fused-ring (bicyclic) bond motifs is 2. The predicted molar refractivity (Wildman–Crippen MR) is 88.5 cm³/mol. The number of carbonyl (C=O) groups is 2. The quantitative estimate of drug-likeness (QED) is 0.840. The predicted octanol–water partition coefficient (Wildman–Crippen LogP) is 2.48. The summed E-state index contributed by atoms with van der Waals surface area (Å²) < 4.78 is 0. The molecular weight excluding hydrogens is 288 g/mol. The van der Waals surface area contributed by atoms with E-state index in [-0.39, 0.29) is 17.4 Å². The van der Waals surface area contributed by atoms with Crippen LogP contribution < -0.4 is 10.6 Å². The van der Waals surface area contributed by atoms with Gasteiger partial charge in [0.15, 0.2) is 0 Å². The zero-order valence-electron chi connectivity index (χ0n) is 14.4. The second-order valence-electron chi connectivity index (χ2n) is 8.94. The van der Waals surface area contributed by atoms with E-state index in [0.717, 1.165) is 42.6 Å². The van der Waals surface area contributed by atoms with Crippen LogP contribution in [0, 0.1) is 35.5 Å². The largest absolute Gasteiger partial charge is 0.356 e. The molecule has 7 unspecified atom stereocenters. The van der Waals surface area contributed by atoms with E-state index in [2.05, 4.69) is 10.6 Å². The molecule has 0 aliphatic heterocycles. The fraction of sp³-hybridized carbons (Fsp3) is 0.895. The Hall–Kier alpha value is -1.06. The van der Waals surface area contributed by atoms with Crippen molar-refractivity contribution >= 4 is 11.8 Å². The van der Waals surface area contributed by atoms with E-state index in [1.165, 1.54) is 38.5 Å². The molecule has 7 atom stereocenters. The molecule has 0 radical (unpaired) electrons. The Labute approximate surface area is 139 Å². The maximum atomic E-state index is 11.9. The molecular formula is C19H30N2O2. The van der Waals surface area contributed by atoms with E-state index < -0.39 is 0 Å². The molecule has 23 heavy (non-hydrogen) atoms. The van der Waals surface area contributed by atoms with Crippen LogP contribution in [0.4, 0.5) is 0 Å². The van der Waals surface area contributed by atoms with Crippen molar-refractivity contribution in [2.75, 3.05) is 6.54 Å². The molecule has 128 valence electrons. The molecule has 0 spiro atoms. The van der Waals surface area contributed by atoms with Crippen molar-refractivity contribution in [3.63, 3.8) is 0 Å². The number of carbonyl (C=O) groups excluding carboxylic acids is 2. The number of hydrogen-bond donors (Lipinski definition) is 2. The number of rotatable bonds is 3. The fourth-order valence-electron chi connectivity index (χ4n) is 6.95. The molecule has 4 fully saturated rings. The molecule has 0 aromatic heterocycles. The van der Waals surface area contributed by atoms with E-state index >= 15 is 0 Å². The summed E-state index contributed by atoms with van der Waals surface area (Å²) in [5.41, 5.74) is 0.00147. The Bertz CT molecular complexity index is 515. The molecule has 4 bridgehead atoms. The third-order valence-corrected chi connectivity index (χ3v) is 7.45. The maximum Gasteiger partial charge on any atom is 0.217 e. The lowest BCUT2D eigenvalue weighted by Crippen LogP contribution is -2.64. The molecule has 0 aromatic carbocycles. The molecule has 2 amide bonds. The van der Waals surface area contributed by atoms with Crippen molar-refractivity contribution in [2.24, 2.45) is 35.5 Å².